The van der Waals surface area contributed by atoms with Crippen molar-refractivity contribution in [2.24, 2.45) is 10.9 Å². The molecule has 1 nitrogen and oxygen atoms in total. The smallest absolute Gasteiger partial charge is 0.0270 e. The molecule has 0 fully saturated rings. The van der Waals surface area contributed by atoms with Crippen LogP contribution in [-0.4, -0.2) is 6.21 Å². The molecule has 0 atom stereocenters. The third-order valence-corrected chi connectivity index (χ3v) is 1.94. The van der Waals surface area contributed by atoms with E-state index >= 15 is 0 Å². The van der Waals surface area contributed by atoms with Gasteiger partial charge in [-0.25, -0.2) is 0 Å². The molecule has 0 spiro atoms. The first-order valence-corrected chi connectivity index (χ1v) is 5.15. The molecular weight excluding hydrogens is 182 g/mol. The van der Waals surface area contributed by atoms with Gasteiger partial charge >= 0.3 is 0 Å². The molecule has 0 amide bonds. The molecule has 78 valence electrons. The summed E-state index contributed by atoms with van der Waals surface area (Å²) in [5.41, 5.74) is 2.28. The van der Waals surface area contributed by atoms with E-state index in [1.165, 1.54) is 0 Å². The van der Waals surface area contributed by atoms with Gasteiger partial charge in [0.15, 0.2) is 0 Å². The monoisotopic (exact) mass is 199 g/mol. The highest BCUT2D eigenvalue weighted by molar-refractivity contribution is 5.66. The molecule has 0 aliphatic rings. The van der Waals surface area contributed by atoms with Crippen molar-refractivity contribution in [1.29, 1.82) is 0 Å². The Morgan fingerprint density at radius 1 is 1.20 bits per heavy atom. The lowest BCUT2D eigenvalue weighted by molar-refractivity contribution is 0.907. The number of benzene rings is 1. The summed E-state index contributed by atoms with van der Waals surface area (Å²) in [5.74, 6) is 0.490. The lowest BCUT2D eigenvalue weighted by atomic mass is 10.1. The van der Waals surface area contributed by atoms with Crippen molar-refractivity contribution in [2.75, 3.05) is 0 Å². The fraction of sp³-hybridized carbons (Fsp3) is 0.214. The minimum Gasteiger partial charge on any atom is -0.269 e. The van der Waals surface area contributed by atoms with Gasteiger partial charge in [-0.2, -0.15) is 0 Å². The lowest BCUT2D eigenvalue weighted by Gasteiger charge is -1.98. The zero-order chi connectivity index (χ0) is 11.1. The van der Waals surface area contributed by atoms with Gasteiger partial charge in [-0.3, -0.25) is 4.99 Å². The first-order valence-electron chi connectivity index (χ1n) is 5.15. The van der Waals surface area contributed by atoms with Crippen LogP contribution in [0.4, 0.5) is 0 Å². The first kappa shape index (κ1) is 11.4. The van der Waals surface area contributed by atoms with Crippen LogP contribution in [0.1, 0.15) is 25.0 Å². The van der Waals surface area contributed by atoms with E-state index < -0.39 is 0 Å². The average molecular weight is 199 g/mol. The topological polar surface area (TPSA) is 12.4 Å². The van der Waals surface area contributed by atoms with Gasteiger partial charge in [-0.15, -0.1) is 0 Å². The van der Waals surface area contributed by atoms with Crippen molar-refractivity contribution in [3.05, 3.63) is 48.2 Å². The van der Waals surface area contributed by atoms with E-state index in [0.29, 0.717) is 5.92 Å². The summed E-state index contributed by atoms with van der Waals surface area (Å²) in [6, 6.07) is 8.11. The Hall–Kier alpha value is -1.63. The summed E-state index contributed by atoms with van der Waals surface area (Å²) in [7, 11) is 0. The van der Waals surface area contributed by atoms with E-state index in [1.54, 1.807) is 0 Å². The average Bonchev–Trinajstić information content (AvgIpc) is 2.24. The van der Waals surface area contributed by atoms with Crippen molar-refractivity contribution < 1.29 is 0 Å². The SMILES string of the molecule is C=Cc1ccccc1/C=C\N=CC(C)C. The molecule has 1 heteroatoms. The van der Waals surface area contributed by atoms with Gasteiger partial charge in [0, 0.05) is 12.4 Å². The minimum absolute atomic E-state index is 0.490. The van der Waals surface area contributed by atoms with E-state index in [1.807, 2.05) is 42.8 Å². The molecule has 0 saturated heterocycles. The maximum absolute atomic E-state index is 4.20. The van der Waals surface area contributed by atoms with Gasteiger partial charge in [0.2, 0.25) is 0 Å². The second-order valence-corrected chi connectivity index (χ2v) is 3.69. The molecule has 0 N–H and O–H groups in total. The molecular formula is C14H17N. The predicted octanol–water partition coefficient (Wildman–Crippen LogP) is 4.03. The van der Waals surface area contributed by atoms with E-state index in [9.17, 15) is 0 Å². The third kappa shape index (κ3) is 3.94. The number of hydrogen-bond acceptors (Lipinski definition) is 1. The highest BCUT2D eigenvalue weighted by atomic mass is 14.7. The predicted molar refractivity (Wildman–Crippen MR) is 68.9 cm³/mol. The third-order valence-electron chi connectivity index (χ3n) is 1.94. The van der Waals surface area contributed by atoms with Crippen molar-refractivity contribution in [1.82, 2.24) is 0 Å². The molecule has 0 unspecified atom stereocenters. The normalized spacial score (nSPS) is 11.7. The Morgan fingerprint density at radius 3 is 2.47 bits per heavy atom. The minimum atomic E-state index is 0.490. The van der Waals surface area contributed by atoms with Crippen LogP contribution < -0.4 is 0 Å². The summed E-state index contributed by atoms with van der Waals surface area (Å²) < 4.78 is 0. The fourth-order valence-corrected chi connectivity index (χ4v) is 1.19. The van der Waals surface area contributed by atoms with E-state index in [0.717, 1.165) is 11.1 Å². The van der Waals surface area contributed by atoms with Gasteiger partial charge in [0.25, 0.3) is 0 Å². The maximum Gasteiger partial charge on any atom is 0.0270 e. The summed E-state index contributed by atoms with van der Waals surface area (Å²) in [5, 5.41) is 0. The van der Waals surface area contributed by atoms with Crippen LogP contribution in [0.3, 0.4) is 0 Å². The lowest BCUT2D eigenvalue weighted by Crippen LogP contribution is -1.84. The largest absolute Gasteiger partial charge is 0.269 e. The van der Waals surface area contributed by atoms with Gasteiger partial charge in [-0.1, -0.05) is 50.8 Å². The highest BCUT2D eigenvalue weighted by Gasteiger charge is 1.91. The summed E-state index contributed by atoms with van der Waals surface area (Å²) >= 11 is 0. The molecule has 0 aliphatic carbocycles. The Bertz CT molecular complexity index is 373. The van der Waals surface area contributed by atoms with Crippen LogP contribution in [0.2, 0.25) is 0 Å². The number of nitrogens with zero attached hydrogens (tertiary/aromatic N) is 1. The van der Waals surface area contributed by atoms with Gasteiger partial charge in [0.1, 0.15) is 0 Å². The van der Waals surface area contributed by atoms with Crippen LogP contribution >= 0.6 is 0 Å². The van der Waals surface area contributed by atoms with Crippen LogP contribution in [0.15, 0.2) is 42.0 Å². The van der Waals surface area contributed by atoms with E-state index in [-0.39, 0.29) is 0 Å². The Labute approximate surface area is 91.9 Å². The zero-order valence-electron chi connectivity index (χ0n) is 9.35. The summed E-state index contributed by atoms with van der Waals surface area (Å²) in [6.45, 7) is 7.99. The number of aliphatic imine (C=N–C) groups is 1. The second kappa shape index (κ2) is 5.97. The molecule has 1 aromatic carbocycles. The molecule has 0 bridgehead atoms. The summed E-state index contributed by atoms with van der Waals surface area (Å²) in [4.78, 5) is 4.20. The quantitative estimate of drug-likeness (QED) is 0.649. The Kier molecular flexibility index (Phi) is 4.55. The Morgan fingerprint density at radius 2 is 1.87 bits per heavy atom. The highest BCUT2D eigenvalue weighted by Crippen LogP contribution is 2.11. The van der Waals surface area contributed by atoms with Crippen LogP contribution in [0.25, 0.3) is 12.2 Å². The first-order chi connectivity index (χ1) is 7.24. The van der Waals surface area contributed by atoms with E-state index in [2.05, 4.69) is 31.5 Å². The van der Waals surface area contributed by atoms with Crippen molar-refractivity contribution >= 4 is 18.4 Å². The molecule has 0 saturated carbocycles. The molecule has 15 heavy (non-hydrogen) atoms. The van der Waals surface area contributed by atoms with Crippen molar-refractivity contribution in [3.63, 3.8) is 0 Å². The van der Waals surface area contributed by atoms with Gasteiger partial charge in [-0.05, 0) is 23.1 Å². The molecule has 1 rings (SSSR count). The molecule has 0 aliphatic heterocycles. The Balaban J connectivity index is 2.76. The second-order valence-electron chi connectivity index (χ2n) is 3.69. The van der Waals surface area contributed by atoms with Crippen molar-refractivity contribution in [2.45, 2.75) is 13.8 Å². The van der Waals surface area contributed by atoms with E-state index in [4.69, 9.17) is 0 Å². The van der Waals surface area contributed by atoms with Crippen LogP contribution in [-0.2, 0) is 0 Å². The number of hydrogen-bond donors (Lipinski definition) is 0. The van der Waals surface area contributed by atoms with Gasteiger partial charge < -0.3 is 0 Å². The standard InChI is InChI=1S/C14H17N/c1-4-13-7-5-6-8-14(13)9-10-15-11-12(2)3/h4-12H,1H2,2-3H3/b10-9-,15-11?. The molecule has 1 aromatic rings. The summed E-state index contributed by atoms with van der Waals surface area (Å²) in [6.07, 6.45) is 7.59. The van der Waals surface area contributed by atoms with Crippen molar-refractivity contribution in [3.8, 4) is 0 Å². The van der Waals surface area contributed by atoms with Gasteiger partial charge in [0.05, 0.1) is 0 Å². The number of rotatable bonds is 4. The van der Waals surface area contributed by atoms with Crippen LogP contribution in [0.5, 0.6) is 0 Å². The zero-order valence-corrected chi connectivity index (χ0v) is 9.35. The van der Waals surface area contributed by atoms with Crippen LogP contribution in [0, 0.1) is 5.92 Å². The molecule has 0 aromatic heterocycles. The molecule has 0 heterocycles. The fourth-order valence-electron chi connectivity index (χ4n) is 1.19. The molecule has 0 radical (unpaired) electrons. The maximum atomic E-state index is 4.20.